The minimum atomic E-state index is -2.70. The average molecular weight is 216 g/mol. The summed E-state index contributed by atoms with van der Waals surface area (Å²) in [6.07, 6.45) is -0.593. The normalized spacial score (nSPS) is 10.4. The van der Waals surface area contributed by atoms with Crippen LogP contribution in [0.15, 0.2) is 12.4 Å². The molecule has 0 atom stereocenters. The molecule has 15 heavy (non-hydrogen) atoms. The van der Waals surface area contributed by atoms with Gasteiger partial charge in [-0.3, -0.25) is 9.78 Å². The summed E-state index contributed by atoms with van der Waals surface area (Å²) >= 11 is 0. The summed E-state index contributed by atoms with van der Waals surface area (Å²) in [6, 6.07) is 0. The third-order valence-corrected chi connectivity index (χ3v) is 1.90. The number of nitrogens with zero attached hydrogens (tertiary/aromatic N) is 1. The van der Waals surface area contributed by atoms with Crippen LogP contribution in [0.4, 0.5) is 14.5 Å². The van der Waals surface area contributed by atoms with Crippen LogP contribution in [0.25, 0.3) is 0 Å². The van der Waals surface area contributed by atoms with Crippen LogP contribution in [0.3, 0.4) is 0 Å². The lowest BCUT2D eigenvalue weighted by molar-refractivity contribution is -0.139. The third kappa shape index (κ3) is 2.61. The molecule has 0 saturated heterocycles. The third-order valence-electron chi connectivity index (χ3n) is 1.90. The van der Waals surface area contributed by atoms with Gasteiger partial charge in [0.2, 0.25) is 0 Å². The highest BCUT2D eigenvalue weighted by Gasteiger charge is 2.16. The van der Waals surface area contributed by atoms with Gasteiger partial charge in [0.1, 0.15) is 0 Å². The van der Waals surface area contributed by atoms with E-state index in [0.29, 0.717) is 0 Å². The van der Waals surface area contributed by atoms with Crippen molar-refractivity contribution in [1.29, 1.82) is 0 Å². The lowest BCUT2D eigenvalue weighted by Gasteiger charge is -2.08. The zero-order valence-corrected chi connectivity index (χ0v) is 8.04. The van der Waals surface area contributed by atoms with Crippen molar-refractivity contribution in [2.45, 2.75) is 12.8 Å². The molecule has 1 rings (SSSR count). The van der Waals surface area contributed by atoms with Crippen LogP contribution in [0.1, 0.15) is 17.6 Å². The highest BCUT2D eigenvalue weighted by molar-refractivity contribution is 5.75. The number of hydrogen-bond acceptors (Lipinski definition) is 4. The lowest BCUT2D eigenvalue weighted by atomic mass is 10.1. The number of nitrogens with two attached hydrogens (primary N) is 1. The molecule has 0 radical (unpaired) electrons. The van der Waals surface area contributed by atoms with Crippen LogP contribution in [0.2, 0.25) is 0 Å². The molecule has 0 aliphatic carbocycles. The Kier molecular flexibility index (Phi) is 3.54. The molecule has 4 nitrogen and oxygen atoms in total. The van der Waals surface area contributed by atoms with Crippen molar-refractivity contribution >= 4 is 11.7 Å². The average Bonchev–Trinajstić information content (AvgIpc) is 2.20. The van der Waals surface area contributed by atoms with Gasteiger partial charge in [-0.05, 0) is 0 Å². The predicted octanol–water partition coefficient (Wildman–Crippen LogP) is 1.32. The van der Waals surface area contributed by atoms with E-state index >= 15 is 0 Å². The van der Waals surface area contributed by atoms with E-state index in [4.69, 9.17) is 5.73 Å². The molecule has 0 saturated carbocycles. The lowest BCUT2D eigenvalue weighted by Crippen LogP contribution is -2.09. The van der Waals surface area contributed by atoms with E-state index < -0.39 is 12.4 Å². The van der Waals surface area contributed by atoms with Gasteiger partial charge in [-0.25, -0.2) is 8.78 Å². The number of carbonyl (C=O) groups excluding carboxylic acids is 1. The summed E-state index contributed by atoms with van der Waals surface area (Å²) in [5.74, 6) is -0.546. The summed E-state index contributed by atoms with van der Waals surface area (Å²) in [5, 5.41) is 0. The molecule has 0 amide bonds. The monoisotopic (exact) mass is 216 g/mol. The maximum absolute atomic E-state index is 12.4. The molecule has 0 bridgehead atoms. The molecule has 0 aliphatic heterocycles. The van der Waals surface area contributed by atoms with Gasteiger partial charge >= 0.3 is 5.97 Å². The summed E-state index contributed by atoms with van der Waals surface area (Å²) in [4.78, 5) is 14.5. The standard InChI is InChI=1S/C9H10F2N2O2/c1-15-7(14)2-5-3-13-4-6(8(5)12)9(10)11/h3-4,9H,2H2,1H3,(H2,12,13). The van der Waals surface area contributed by atoms with Gasteiger partial charge in [-0.15, -0.1) is 0 Å². The van der Waals surface area contributed by atoms with Crippen molar-refractivity contribution in [3.63, 3.8) is 0 Å². The van der Waals surface area contributed by atoms with E-state index in [9.17, 15) is 13.6 Å². The second kappa shape index (κ2) is 4.68. The maximum atomic E-state index is 12.4. The number of carbonyl (C=O) groups is 1. The summed E-state index contributed by atoms with van der Waals surface area (Å²) < 4.78 is 29.2. The van der Waals surface area contributed by atoms with Crippen molar-refractivity contribution in [2.24, 2.45) is 0 Å². The van der Waals surface area contributed by atoms with Crippen LogP contribution >= 0.6 is 0 Å². The van der Waals surface area contributed by atoms with Crippen molar-refractivity contribution in [1.82, 2.24) is 4.98 Å². The Balaban J connectivity index is 2.99. The molecule has 2 N–H and O–H groups in total. The van der Waals surface area contributed by atoms with Crippen LogP contribution in [-0.2, 0) is 16.0 Å². The Bertz CT molecular complexity index is 369. The SMILES string of the molecule is COC(=O)Cc1cncc(C(F)F)c1N. The number of hydrogen-bond donors (Lipinski definition) is 1. The molecule has 0 spiro atoms. The minimum Gasteiger partial charge on any atom is -0.469 e. The second-order valence-corrected chi connectivity index (χ2v) is 2.86. The maximum Gasteiger partial charge on any atom is 0.310 e. The first-order valence-electron chi connectivity index (χ1n) is 4.13. The minimum absolute atomic E-state index is 0.106. The largest absolute Gasteiger partial charge is 0.469 e. The number of aromatic nitrogens is 1. The quantitative estimate of drug-likeness (QED) is 0.774. The summed E-state index contributed by atoms with van der Waals surface area (Å²) in [7, 11) is 1.21. The Morgan fingerprint density at radius 3 is 2.80 bits per heavy atom. The Morgan fingerprint density at radius 1 is 1.60 bits per heavy atom. The van der Waals surface area contributed by atoms with E-state index in [1.807, 2.05) is 0 Å². The number of halogens is 2. The smallest absolute Gasteiger partial charge is 0.310 e. The van der Waals surface area contributed by atoms with E-state index in [1.165, 1.54) is 13.3 Å². The summed E-state index contributed by atoms with van der Waals surface area (Å²) in [6.45, 7) is 0. The molecular formula is C9H10F2N2O2. The van der Waals surface area contributed by atoms with Crippen LogP contribution in [-0.4, -0.2) is 18.1 Å². The first-order chi connectivity index (χ1) is 7.06. The number of ether oxygens (including phenoxy) is 1. The van der Waals surface area contributed by atoms with Crippen molar-refractivity contribution < 1.29 is 18.3 Å². The number of esters is 1. The zero-order valence-electron chi connectivity index (χ0n) is 8.04. The van der Waals surface area contributed by atoms with Gasteiger partial charge in [-0.1, -0.05) is 0 Å². The van der Waals surface area contributed by atoms with Gasteiger partial charge in [0, 0.05) is 23.6 Å². The number of anilines is 1. The molecule has 1 aromatic rings. The van der Waals surface area contributed by atoms with Crippen molar-refractivity contribution in [3.05, 3.63) is 23.5 Å². The van der Waals surface area contributed by atoms with Crippen LogP contribution in [0, 0.1) is 0 Å². The van der Waals surface area contributed by atoms with Crippen molar-refractivity contribution in [2.75, 3.05) is 12.8 Å². The van der Waals surface area contributed by atoms with Crippen LogP contribution in [0.5, 0.6) is 0 Å². The molecule has 82 valence electrons. The molecule has 0 fully saturated rings. The van der Waals surface area contributed by atoms with Gasteiger partial charge in [0.15, 0.2) is 0 Å². The fourth-order valence-electron chi connectivity index (χ4n) is 1.07. The Morgan fingerprint density at radius 2 is 2.27 bits per heavy atom. The number of methoxy groups -OCH3 is 1. The van der Waals surface area contributed by atoms with E-state index in [2.05, 4.69) is 9.72 Å². The molecule has 0 aliphatic rings. The number of nitrogen functional groups attached to an aromatic ring is 1. The number of rotatable bonds is 3. The van der Waals surface area contributed by atoms with E-state index in [0.717, 1.165) is 6.20 Å². The molecule has 0 aromatic carbocycles. The van der Waals surface area contributed by atoms with E-state index in [1.54, 1.807) is 0 Å². The van der Waals surface area contributed by atoms with Crippen molar-refractivity contribution in [3.8, 4) is 0 Å². The highest BCUT2D eigenvalue weighted by atomic mass is 19.3. The fourth-order valence-corrected chi connectivity index (χ4v) is 1.07. The van der Waals surface area contributed by atoms with Gasteiger partial charge in [-0.2, -0.15) is 0 Å². The summed E-state index contributed by atoms with van der Waals surface area (Å²) in [5.41, 5.74) is 5.24. The first-order valence-corrected chi connectivity index (χ1v) is 4.13. The fraction of sp³-hybridized carbons (Fsp3) is 0.333. The number of alkyl halides is 2. The molecule has 1 heterocycles. The van der Waals surface area contributed by atoms with E-state index in [-0.39, 0.29) is 23.2 Å². The van der Waals surface area contributed by atoms with Gasteiger partial charge in [0.25, 0.3) is 6.43 Å². The second-order valence-electron chi connectivity index (χ2n) is 2.86. The van der Waals surface area contributed by atoms with Gasteiger partial charge < -0.3 is 10.5 Å². The first kappa shape index (κ1) is 11.4. The van der Waals surface area contributed by atoms with Crippen LogP contribution < -0.4 is 5.73 Å². The highest BCUT2D eigenvalue weighted by Crippen LogP contribution is 2.26. The molecule has 1 aromatic heterocycles. The molecule has 6 heteroatoms. The topological polar surface area (TPSA) is 65.2 Å². The Labute approximate surface area is 85.1 Å². The Hall–Kier alpha value is -1.72. The zero-order chi connectivity index (χ0) is 11.4. The molecule has 0 unspecified atom stereocenters. The van der Waals surface area contributed by atoms with Gasteiger partial charge in [0.05, 0.1) is 19.1 Å². The predicted molar refractivity (Wildman–Crippen MR) is 49.3 cm³/mol. The number of pyridine rings is 1. The molecular weight excluding hydrogens is 206 g/mol.